The predicted molar refractivity (Wildman–Crippen MR) is 238 cm³/mol. The Morgan fingerprint density at radius 3 is 1.53 bits per heavy atom. The van der Waals surface area contributed by atoms with E-state index in [2.05, 4.69) is 43.8 Å². The molecule has 0 saturated carbocycles. The lowest BCUT2D eigenvalue weighted by Crippen LogP contribution is -2.24. The minimum atomic E-state index is -4.67. The van der Waals surface area contributed by atoms with Gasteiger partial charge in [-0.15, -0.1) is 29.3 Å². The molecule has 4 aromatic carbocycles. The lowest BCUT2D eigenvalue weighted by molar-refractivity contribution is 0.00712. The Balaban J connectivity index is 0.000000301. The van der Waals surface area contributed by atoms with Gasteiger partial charge in [-0.05, 0) is 126 Å². The standard InChI is InChI=1S/C20H18BrNO3S.C11H9NO2.C5H3BrO2S.C4H8.H2O4S/c1-20(2,3)25-19(24)14-8-9-15(13-7-5-4-6-12(13)14)22-18(23)16-10-11-17(21)26-16;12-10-6-5-9(11(13)14)7-3-1-2-4-8(7)10;6-4-2-1-3(9-4)5(7)8;1-4(2)3;1-5(2,3)4/h4-11H,1-3H3,(H,22,23);1-6H,12H2,(H,13,14);1-2H,(H,7,8);1H2,2-3H3;(H2,1,2,3,4). The summed E-state index contributed by atoms with van der Waals surface area (Å²) < 4.78 is 38.8. The van der Waals surface area contributed by atoms with Crippen molar-refractivity contribution in [1.29, 1.82) is 0 Å². The van der Waals surface area contributed by atoms with Crippen LogP contribution in [-0.2, 0) is 15.1 Å². The zero-order chi connectivity index (χ0) is 44.0. The highest BCUT2D eigenvalue weighted by atomic mass is 79.9. The zero-order valence-electron chi connectivity index (χ0n) is 31.6. The number of nitrogens with two attached hydrogens (primary N) is 1. The van der Waals surface area contributed by atoms with Crippen LogP contribution >= 0.6 is 54.5 Å². The first-order valence-electron chi connectivity index (χ1n) is 16.5. The maximum absolute atomic E-state index is 12.5. The Kier molecular flexibility index (Phi) is 18.9. The molecule has 0 bridgehead atoms. The largest absolute Gasteiger partial charge is 0.478 e. The summed E-state index contributed by atoms with van der Waals surface area (Å²) in [7, 11) is -4.67. The number of ether oxygens (including phenoxy) is 1. The molecule has 13 nitrogen and oxygen atoms in total. The second-order valence-electron chi connectivity index (χ2n) is 12.9. The van der Waals surface area contributed by atoms with Gasteiger partial charge in [0.1, 0.15) is 10.5 Å². The first-order valence-corrected chi connectivity index (χ1v) is 21.1. The average molecular weight is 981 g/mol. The molecule has 0 unspecified atom stereocenters. The number of nitrogens with one attached hydrogen (secondary N) is 1. The summed E-state index contributed by atoms with van der Waals surface area (Å²) in [4.78, 5) is 47.0. The summed E-state index contributed by atoms with van der Waals surface area (Å²) in [6.45, 7) is 13.0. The highest BCUT2D eigenvalue weighted by Crippen LogP contribution is 2.30. The van der Waals surface area contributed by atoms with Gasteiger partial charge in [-0.3, -0.25) is 13.9 Å². The van der Waals surface area contributed by atoms with E-state index in [1.54, 1.807) is 48.5 Å². The Hall–Kier alpha value is -4.95. The van der Waals surface area contributed by atoms with Crippen LogP contribution in [0.5, 0.6) is 0 Å². The molecule has 308 valence electrons. The van der Waals surface area contributed by atoms with Crippen molar-refractivity contribution in [2.24, 2.45) is 0 Å². The number of hydrogen-bond acceptors (Lipinski definition) is 10. The van der Waals surface area contributed by atoms with E-state index in [0.29, 0.717) is 32.1 Å². The maximum Gasteiger partial charge on any atom is 0.394 e. The number of halogens is 2. The van der Waals surface area contributed by atoms with Crippen LogP contribution in [0, 0.1) is 0 Å². The van der Waals surface area contributed by atoms with Crippen LogP contribution in [0.25, 0.3) is 21.5 Å². The molecule has 0 radical (unpaired) electrons. The Labute approximate surface area is 360 Å². The molecule has 0 aliphatic heterocycles. The number of benzene rings is 4. The third-order valence-electron chi connectivity index (χ3n) is 6.56. The second-order valence-corrected chi connectivity index (χ2v) is 18.7. The van der Waals surface area contributed by atoms with Gasteiger partial charge in [0.25, 0.3) is 5.91 Å². The van der Waals surface area contributed by atoms with Gasteiger partial charge in [0.15, 0.2) is 0 Å². The molecular formula is C40H40Br2N2O11S3. The number of carbonyl (C=O) groups is 4. The summed E-state index contributed by atoms with van der Waals surface area (Å²) in [5.41, 5.74) is 8.35. The smallest absolute Gasteiger partial charge is 0.394 e. The second kappa shape index (κ2) is 22.3. The summed E-state index contributed by atoms with van der Waals surface area (Å²) in [6, 6.07) is 28.1. The van der Waals surface area contributed by atoms with E-state index >= 15 is 0 Å². The SMILES string of the molecule is C=C(C)C.CC(C)(C)OC(=O)c1ccc(NC(=O)c2ccc(Br)s2)c2ccccc12.Nc1ccc(C(=O)O)c2ccccc12.O=C(O)c1ccc(Br)s1.O=S(=O)(O)O. The molecule has 2 aromatic heterocycles. The molecule has 0 spiro atoms. The molecular weight excluding hydrogens is 940 g/mol. The number of aromatic carboxylic acids is 2. The van der Waals surface area contributed by atoms with Crippen LogP contribution in [0.3, 0.4) is 0 Å². The lowest BCUT2D eigenvalue weighted by Gasteiger charge is -2.20. The highest BCUT2D eigenvalue weighted by Gasteiger charge is 2.21. The van der Waals surface area contributed by atoms with Crippen molar-refractivity contribution in [1.82, 2.24) is 0 Å². The summed E-state index contributed by atoms with van der Waals surface area (Å²) in [6.07, 6.45) is 0. The number of thiophene rings is 2. The first kappa shape index (κ1) is 49.2. The number of carbonyl (C=O) groups excluding carboxylic acids is 2. The minimum absolute atomic E-state index is 0.184. The number of anilines is 2. The number of fused-ring (bicyclic) bond motifs is 2. The lowest BCUT2D eigenvalue weighted by atomic mass is 10.0. The fourth-order valence-electron chi connectivity index (χ4n) is 4.48. The molecule has 18 heteroatoms. The number of carboxylic acid groups (broad SMARTS) is 2. The number of carboxylic acids is 2. The van der Waals surface area contributed by atoms with Crippen molar-refractivity contribution in [2.45, 2.75) is 40.2 Å². The molecule has 58 heavy (non-hydrogen) atoms. The van der Waals surface area contributed by atoms with E-state index in [-0.39, 0.29) is 17.4 Å². The molecule has 7 N–H and O–H groups in total. The van der Waals surface area contributed by atoms with Crippen molar-refractivity contribution in [3.05, 3.63) is 138 Å². The Bertz CT molecular complexity index is 2510. The van der Waals surface area contributed by atoms with Crippen LogP contribution in [-0.4, -0.2) is 57.2 Å². The number of rotatable bonds is 5. The van der Waals surface area contributed by atoms with Crippen LogP contribution in [0.2, 0.25) is 0 Å². The van der Waals surface area contributed by atoms with Gasteiger partial charge in [0.2, 0.25) is 0 Å². The van der Waals surface area contributed by atoms with E-state index in [0.717, 1.165) is 23.7 Å². The summed E-state index contributed by atoms with van der Waals surface area (Å²) in [5.74, 6) is -2.36. The number of amides is 1. The van der Waals surface area contributed by atoms with Crippen molar-refractivity contribution >= 4 is 122 Å². The molecule has 6 aromatic rings. The van der Waals surface area contributed by atoms with Crippen LogP contribution in [0.15, 0.2) is 117 Å². The number of esters is 1. The quantitative estimate of drug-likeness (QED) is 0.0410. The third-order valence-corrected chi connectivity index (χ3v) is 9.79. The normalized spacial score (nSPS) is 10.5. The fourth-order valence-corrected chi connectivity index (χ4v) is 6.98. The number of nitrogen functional groups attached to an aromatic ring is 1. The fraction of sp³-hybridized carbons (Fsp3) is 0.150. The van der Waals surface area contributed by atoms with Crippen molar-refractivity contribution in [2.75, 3.05) is 11.1 Å². The van der Waals surface area contributed by atoms with Crippen molar-refractivity contribution < 1.29 is 51.7 Å². The molecule has 0 fully saturated rings. The van der Waals surface area contributed by atoms with Crippen LogP contribution in [0.1, 0.15) is 74.7 Å². The molecule has 0 aliphatic rings. The van der Waals surface area contributed by atoms with Crippen molar-refractivity contribution in [3.8, 4) is 0 Å². The van der Waals surface area contributed by atoms with Gasteiger partial charge < -0.3 is 26.0 Å². The topological polar surface area (TPSA) is 231 Å². The Morgan fingerprint density at radius 1 is 0.690 bits per heavy atom. The third kappa shape index (κ3) is 17.3. The summed E-state index contributed by atoms with van der Waals surface area (Å²) >= 11 is 9.10. The van der Waals surface area contributed by atoms with E-state index < -0.39 is 27.9 Å². The molecule has 1 amide bonds. The Morgan fingerprint density at radius 2 is 1.12 bits per heavy atom. The van der Waals surface area contributed by atoms with E-state index in [1.165, 1.54) is 34.3 Å². The highest BCUT2D eigenvalue weighted by molar-refractivity contribution is 9.11. The molecule has 6 rings (SSSR count). The van der Waals surface area contributed by atoms with E-state index in [4.69, 9.17) is 38.2 Å². The monoisotopic (exact) mass is 978 g/mol. The van der Waals surface area contributed by atoms with E-state index in [9.17, 15) is 19.2 Å². The molecule has 0 atom stereocenters. The first-order chi connectivity index (χ1) is 26.9. The number of hydrogen-bond donors (Lipinski definition) is 6. The molecule has 0 aliphatic carbocycles. The maximum atomic E-state index is 12.5. The van der Waals surface area contributed by atoms with Gasteiger partial charge in [-0.1, -0.05) is 54.1 Å². The minimum Gasteiger partial charge on any atom is -0.478 e. The van der Waals surface area contributed by atoms with Crippen molar-refractivity contribution in [3.63, 3.8) is 0 Å². The van der Waals surface area contributed by atoms with Crippen LogP contribution < -0.4 is 11.1 Å². The van der Waals surface area contributed by atoms with Gasteiger partial charge in [0, 0.05) is 22.1 Å². The van der Waals surface area contributed by atoms with Gasteiger partial charge in [-0.2, -0.15) is 8.42 Å². The molecule has 2 heterocycles. The zero-order valence-corrected chi connectivity index (χ0v) is 37.3. The molecule has 0 saturated heterocycles. The van der Waals surface area contributed by atoms with Gasteiger partial charge >= 0.3 is 28.3 Å². The van der Waals surface area contributed by atoms with Crippen LogP contribution in [0.4, 0.5) is 11.4 Å². The predicted octanol–water partition coefficient (Wildman–Crippen LogP) is 11.1. The van der Waals surface area contributed by atoms with E-state index in [1.807, 2.05) is 77.1 Å². The average Bonchev–Trinajstić information content (AvgIpc) is 3.76. The van der Waals surface area contributed by atoms with Gasteiger partial charge in [0.05, 0.1) is 23.6 Å². The van der Waals surface area contributed by atoms with Gasteiger partial charge in [-0.25, -0.2) is 14.4 Å². The number of allylic oxidation sites excluding steroid dienone is 1. The summed E-state index contributed by atoms with van der Waals surface area (Å²) in [5, 5.41) is 23.2.